The van der Waals surface area contributed by atoms with E-state index in [9.17, 15) is 9.59 Å². The molecule has 0 saturated heterocycles. The number of Topliss-reactive ketones (excluding diaryl/α,β-unsaturated/α-hetero) is 1. The number of fused-ring (bicyclic) bond motifs is 6. The van der Waals surface area contributed by atoms with Gasteiger partial charge in [0.25, 0.3) is 0 Å². The van der Waals surface area contributed by atoms with E-state index >= 15 is 0 Å². The van der Waals surface area contributed by atoms with E-state index in [0.29, 0.717) is 39.7 Å². The van der Waals surface area contributed by atoms with Crippen molar-refractivity contribution in [2.24, 2.45) is 0 Å². The van der Waals surface area contributed by atoms with E-state index in [4.69, 9.17) is 23.7 Å². The summed E-state index contributed by atoms with van der Waals surface area (Å²) in [5, 5.41) is 0. The molecular weight excluding hydrogens is 388 g/mol. The van der Waals surface area contributed by atoms with Crippen LogP contribution in [-0.2, 0) is 4.79 Å². The average molecular weight is 408 g/mol. The number of hydrogen-bond donors (Lipinski definition) is 0. The van der Waals surface area contributed by atoms with Crippen LogP contribution in [0.4, 0.5) is 0 Å². The summed E-state index contributed by atoms with van der Waals surface area (Å²) in [5.41, 5.74) is 1.10. The largest absolute Gasteiger partial charge is 0.493 e. The van der Waals surface area contributed by atoms with Crippen molar-refractivity contribution < 1.29 is 33.3 Å². The maximum absolute atomic E-state index is 13.5. The number of methoxy groups -OCH3 is 2. The van der Waals surface area contributed by atoms with Crippen LogP contribution in [0.25, 0.3) is 6.08 Å². The van der Waals surface area contributed by atoms with E-state index in [0.717, 1.165) is 0 Å². The minimum Gasteiger partial charge on any atom is -0.493 e. The fourth-order valence-corrected chi connectivity index (χ4v) is 4.11. The zero-order valence-electron chi connectivity index (χ0n) is 17.0. The molecule has 0 saturated carbocycles. The topological polar surface area (TPSA) is 80.3 Å². The summed E-state index contributed by atoms with van der Waals surface area (Å²) in [6.45, 7) is 3.87. The number of benzene rings is 2. The van der Waals surface area contributed by atoms with E-state index in [1.807, 2.05) is 26.0 Å². The smallest absolute Gasteiger partial charge is 0.353 e. The molecule has 154 valence electrons. The molecule has 2 unspecified atom stereocenters. The van der Waals surface area contributed by atoms with Crippen molar-refractivity contribution in [3.8, 4) is 28.7 Å². The van der Waals surface area contributed by atoms with Gasteiger partial charge in [-0.2, -0.15) is 0 Å². The first kappa shape index (κ1) is 18.5. The van der Waals surface area contributed by atoms with Gasteiger partial charge in [-0.25, -0.2) is 4.79 Å². The second-order valence-corrected chi connectivity index (χ2v) is 7.94. The van der Waals surface area contributed by atoms with E-state index in [2.05, 4.69) is 0 Å². The van der Waals surface area contributed by atoms with E-state index < -0.39 is 23.6 Å². The number of carbonyl (C=O) groups is 2. The standard InChI is InChI=1S/C23H20O7/c1-23(2)8-7-11-14(30-23)6-5-12-19(24)18-13-9-16(26-3)17(27-4)10-15(13)28-22(25)21(18)29-20(11)12/h5-10,18,21H,1-4H3. The van der Waals surface area contributed by atoms with Crippen LogP contribution in [0, 0.1) is 0 Å². The zero-order valence-corrected chi connectivity index (χ0v) is 17.0. The highest BCUT2D eigenvalue weighted by Crippen LogP contribution is 2.49. The van der Waals surface area contributed by atoms with Gasteiger partial charge in [-0.3, -0.25) is 4.79 Å². The monoisotopic (exact) mass is 408 g/mol. The predicted octanol–water partition coefficient (Wildman–Crippen LogP) is 3.53. The van der Waals surface area contributed by atoms with Gasteiger partial charge in [0, 0.05) is 11.6 Å². The Hall–Kier alpha value is -3.48. The first-order valence-electron chi connectivity index (χ1n) is 9.56. The Morgan fingerprint density at radius 3 is 2.47 bits per heavy atom. The van der Waals surface area contributed by atoms with Crippen LogP contribution >= 0.6 is 0 Å². The van der Waals surface area contributed by atoms with Crippen molar-refractivity contribution in [3.05, 3.63) is 47.0 Å². The average Bonchev–Trinajstić information content (AvgIpc) is 2.72. The molecule has 3 aliphatic heterocycles. The second kappa shape index (κ2) is 6.26. The lowest BCUT2D eigenvalue weighted by Gasteiger charge is -2.37. The number of rotatable bonds is 2. The Bertz CT molecular complexity index is 1130. The summed E-state index contributed by atoms with van der Waals surface area (Å²) >= 11 is 0. The molecule has 3 aliphatic rings. The molecule has 30 heavy (non-hydrogen) atoms. The van der Waals surface area contributed by atoms with Gasteiger partial charge in [0.05, 0.1) is 31.3 Å². The highest BCUT2D eigenvalue weighted by Gasteiger charge is 2.49. The molecule has 0 spiro atoms. The van der Waals surface area contributed by atoms with E-state index in [1.165, 1.54) is 14.2 Å². The molecule has 5 rings (SSSR count). The van der Waals surface area contributed by atoms with Crippen LogP contribution in [0.5, 0.6) is 28.7 Å². The third-order valence-electron chi connectivity index (χ3n) is 5.57. The molecule has 2 atom stereocenters. The van der Waals surface area contributed by atoms with Gasteiger partial charge in [-0.05, 0) is 44.2 Å². The third-order valence-corrected chi connectivity index (χ3v) is 5.57. The van der Waals surface area contributed by atoms with Gasteiger partial charge in [0.2, 0.25) is 6.10 Å². The molecule has 0 N–H and O–H groups in total. The van der Waals surface area contributed by atoms with Crippen LogP contribution < -0.4 is 23.7 Å². The summed E-state index contributed by atoms with van der Waals surface area (Å²) in [4.78, 5) is 26.3. The lowest BCUT2D eigenvalue weighted by Crippen LogP contribution is -2.47. The summed E-state index contributed by atoms with van der Waals surface area (Å²) in [6.07, 6.45) is 2.66. The predicted molar refractivity (Wildman–Crippen MR) is 107 cm³/mol. The molecular formula is C23H20O7. The maximum atomic E-state index is 13.5. The van der Waals surface area contributed by atoms with Crippen molar-refractivity contribution in [1.29, 1.82) is 0 Å². The Balaban J connectivity index is 1.65. The first-order chi connectivity index (χ1) is 14.3. The van der Waals surface area contributed by atoms with Gasteiger partial charge in [0.1, 0.15) is 22.8 Å². The molecule has 0 amide bonds. The van der Waals surface area contributed by atoms with Crippen molar-refractivity contribution in [3.63, 3.8) is 0 Å². The highest BCUT2D eigenvalue weighted by atomic mass is 16.6. The van der Waals surface area contributed by atoms with Crippen molar-refractivity contribution >= 4 is 17.8 Å². The van der Waals surface area contributed by atoms with Crippen LogP contribution in [0.1, 0.15) is 41.3 Å². The number of hydrogen-bond acceptors (Lipinski definition) is 7. The van der Waals surface area contributed by atoms with Gasteiger partial charge in [-0.1, -0.05) is 0 Å². The van der Waals surface area contributed by atoms with E-state index in [1.54, 1.807) is 24.3 Å². The van der Waals surface area contributed by atoms with Gasteiger partial charge >= 0.3 is 5.97 Å². The lowest BCUT2D eigenvalue weighted by atomic mass is 9.80. The van der Waals surface area contributed by atoms with Gasteiger partial charge in [0.15, 0.2) is 17.3 Å². The summed E-state index contributed by atoms with van der Waals surface area (Å²) in [6, 6.07) is 6.66. The molecule has 7 nitrogen and oxygen atoms in total. The third kappa shape index (κ3) is 2.58. The number of ketones is 1. The minimum absolute atomic E-state index is 0.215. The Morgan fingerprint density at radius 1 is 1.00 bits per heavy atom. The summed E-state index contributed by atoms with van der Waals surface area (Å²) < 4.78 is 28.2. The Morgan fingerprint density at radius 2 is 1.73 bits per heavy atom. The number of carbonyl (C=O) groups excluding carboxylic acids is 2. The summed E-state index contributed by atoms with van der Waals surface area (Å²) in [7, 11) is 2.99. The fraction of sp³-hybridized carbons (Fsp3) is 0.304. The number of ether oxygens (including phenoxy) is 5. The van der Waals surface area contributed by atoms with Crippen molar-refractivity contribution in [2.45, 2.75) is 31.5 Å². The molecule has 3 heterocycles. The van der Waals surface area contributed by atoms with Crippen LogP contribution in [-0.4, -0.2) is 37.7 Å². The van der Waals surface area contributed by atoms with Gasteiger partial charge < -0.3 is 23.7 Å². The van der Waals surface area contributed by atoms with Crippen LogP contribution in [0.2, 0.25) is 0 Å². The van der Waals surface area contributed by atoms with Crippen LogP contribution in [0.3, 0.4) is 0 Å². The lowest BCUT2D eigenvalue weighted by molar-refractivity contribution is -0.144. The normalized spacial score (nSPS) is 22.4. The quantitative estimate of drug-likeness (QED) is 0.555. The molecule has 0 fully saturated rings. The molecule has 2 aromatic rings. The molecule has 0 aliphatic carbocycles. The second-order valence-electron chi connectivity index (χ2n) is 7.94. The molecule has 0 bridgehead atoms. The van der Waals surface area contributed by atoms with Crippen LogP contribution in [0.15, 0.2) is 30.3 Å². The fourth-order valence-electron chi connectivity index (χ4n) is 4.11. The Labute approximate surface area is 173 Å². The zero-order chi connectivity index (χ0) is 21.2. The molecule has 0 aromatic heterocycles. The van der Waals surface area contributed by atoms with Crippen molar-refractivity contribution in [2.75, 3.05) is 14.2 Å². The molecule has 7 heteroatoms. The van der Waals surface area contributed by atoms with Gasteiger partial charge in [-0.15, -0.1) is 0 Å². The first-order valence-corrected chi connectivity index (χ1v) is 9.56. The number of esters is 1. The molecule has 2 aromatic carbocycles. The Kier molecular flexibility index (Phi) is 3.87. The highest BCUT2D eigenvalue weighted by molar-refractivity contribution is 6.10. The summed E-state index contributed by atoms with van der Waals surface area (Å²) in [5.74, 6) is 0.375. The minimum atomic E-state index is -1.09. The van der Waals surface area contributed by atoms with Crippen molar-refractivity contribution in [1.82, 2.24) is 0 Å². The molecule has 0 radical (unpaired) electrons. The maximum Gasteiger partial charge on any atom is 0.353 e. The van der Waals surface area contributed by atoms with E-state index in [-0.39, 0.29) is 11.5 Å². The SMILES string of the molecule is COc1cc2c(cc1OC)C1C(=O)c3ccc4c(c3OC1C(=O)O2)C=CC(C)(C)O4.